The summed E-state index contributed by atoms with van der Waals surface area (Å²) in [6.45, 7) is 12.4. The van der Waals surface area contributed by atoms with E-state index in [2.05, 4.69) is 40.7 Å². The average molecular weight is 206 g/mol. The van der Waals surface area contributed by atoms with Crippen LogP contribution in [0.3, 0.4) is 0 Å². The summed E-state index contributed by atoms with van der Waals surface area (Å²) < 4.78 is 0. The van der Waals surface area contributed by atoms with Gasteiger partial charge in [-0.3, -0.25) is 0 Å². The van der Waals surface area contributed by atoms with E-state index in [1.807, 2.05) is 0 Å². The molecule has 0 nitrogen and oxygen atoms in total. The summed E-state index contributed by atoms with van der Waals surface area (Å²) >= 11 is 0. The first kappa shape index (κ1) is 11.2. The van der Waals surface area contributed by atoms with Crippen LogP contribution in [-0.2, 0) is 0 Å². The van der Waals surface area contributed by atoms with Gasteiger partial charge in [0.15, 0.2) is 0 Å². The molecule has 1 saturated carbocycles. The highest BCUT2D eigenvalue weighted by Crippen LogP contribution is 2.65. The van der Waals surface area contributed by atoms with Gasteiger partial charge in [-0.15, -0.1) is 0 Å². The number of fused-ring (bicyclic) bond motifs is 1. The van der Waals surface area contributed by atoms with E-state index in [4.69, 9.17) is 0 Å². The standard InChI is InChI=1S/C15H26/c1-12-7-10-14(4)9-6-8-13(2,3)15(14,5)11-12/h7H,6,8-11H2,1-5H3. The Morgan fingerprint density at radius 1 is 1.07 bits per heavy atom. The van der Waals surface area contributed by atoms with Crippen LogP contribution in [0.2, 0.25) is 0 Å². The highest BCUT2D eigenvalue weighted by Gasteiger charge is 2.55. The molecule has 2 rings (SSSR count). The minimum Gasteiger partial charge on any atom is -0.0850 e. The first-order valence-electron chi connectivity index (χ1n) is 6.46. The molecule has 2 atom stereocenters. The van der Waals surface area contributed by atoms with E-state index in [-0.39, 0.29) is 0 Å². The van der Waals surface area contributed by atoms with Gasteiger partial charge in [0.2, 0.25) is 0 Å². The fraction of sp³-hybridized carbons (Fsp3) is 0.867. The van der Waals surface area contributed by atoms with Crippen LogP contribution in [0, 0.1) is 16.2 Å². The molecular formula is C15H26. The average Bonchev–Trinajstić information content (AvgIpc) is 2.10. The molecule has 86 valence electrons. The Balaban J connectivity index is 2.45. The third-order valence-corrected chi connectivity index (χ3v) is 5.89. The number of hydrogen-bond acceptors (Lipinski definition) is 0. The zero-order valence-electron chi connectivity index (χ0n) is 11.1. The lowest BCUT2D eigenvalue weighted by Gasteiger charge is -2.61. The Kier molecular flexibility index (Phi) is 2.34. The Morgan fingerprint density at radius 3 is 2.40 bits per heavy atom. The molecule has 0 N–H and O–H groups in total. The SMILES string of the molecule is CC1=CCC2(C)CCCC(C)(C)C2(C)C1. The smallest absolute Gasteiger partial charge is 0.0181 e. The Hall–Kier alpha value is -0.260. The molecule has 0 aromatic rings. The van der Waals surface area contributed by atoms with Crippen molar-refractivity contribution in [1.29, 1.82) is 0 Å². The highest BCUT2D eigenvalue weighted by molar-refractivity contribution is 5.18. The first-order chi connectivity index (χ1) is 6.81. The monoisotopic (exact) mass is 206 g/mol. The second kappa shape index (κ2) is 3.12. The lowest BCUT2D eigenvalue weighted by Crippen LogP contribution is -2.52. The summed E-state index contributed by atoms with van der Waals surface area (Å²) in [6.07, 6.45) is 9.37. The van der Waals surface area contributed by atoms with Crippen molar-refractivity contribution in [3.8, 4) is 0 Å². The molecule has 0 heteroatoms. The summed E-state index contributed by atoms with van der Waals surface area (Å²) in [5.41, 5.74) is 3.19. The van der Waals surface area contributed by atoms with E-state index < -0.39 is 0 Å². The molecule has 0 aromatic heterocycles. The summed E-state index contributed by atoms with van der Waals surface area (Å²) in [4.78, 5) is 0. The Labute approximate surface area is 95.1 Å². The molecule has 0 aliphatic heterocycles. The third-order valence-electron chi connectivity index (χ3n) is 5.89. The number of rotatable bonds is 0. The summed E-state index contributed by atoms with van der Waals surface area (Å²) in [7, 11) is 0. The zero-order chi connectivity index (χ0) is 11.3. The molecule has 15 heavy (non-hydrogen) atoms. The van der Waals surface area contributed by atoms with Crippen LogP contribution in [0.15, 0.2) is 11.6 Å². The maximum atomic E-state index is 2.54. The molecule has 0 aromatic carbocycles. The molecule has 1 fully saturated rings. The maximum Gasteiger partial charge on any atom is -0.0181 e. The zero-order valence-corrected chi connectivity index (χ0v) is 11.1. The van der Waals surface area contributed by atoms with Crippen LogP contribution in [0.5, 0.6) is 0 Å². The van der Waals surface area contributed by atoms with Gasteiger partial charge in [-0.25, -0.2) is 0 Å². The van der Waals surface area contributed by atoms with Crippen LogP contribution in [0.1, 0.15) is 66.7 Å². The molecular weight excluding hydrogens is 180 g/mol. The molecule has 2 unspecified atom stereocenters. The van der Waals surface area contributed by atoms with Crippen LogP contribution < -0.4 is 0 Å². The highest BCUT2D eigenvalue weighted by atomic mass is 14.6. The van der Waals surface area contributed by atoms with Crippen molar-refractivity contribution in [1.82, 2.24) is 0 Å². The summed E-state index contributed by atoms with van der Waals surface area (Å²) in [5.74, 6) is 0. The second-order valence-corrected chi connectivity index (χ2v) is 7.06. The second-order valence-electron chi connectivity index (χ2n) is 7.06. The van der Waals surface area contributed by atoms with Crippen molar-refractivity contribution in [2.45, 2.75) is 66.7 Å². The lowest BCUT2D eigenvalue weighted by atomic mass is 9.43. The van der Waals surface area contributed by atoms with Gasteiger partial charge in [-0.2, -0.15) is 0 Å². The van der Waals surface area contributed by atoms with Gasteiger partial charge in [0, 0.05) is 0 Å². The summed E-state index contributed by atoms with van der Waals surface area (Å²) in [6, 6.07) is 0. The molecule has 2 aliphatic rings. The molecule has 0 amide bonds. The van der Waals surface area contributed by atoms with Gasteiger partial charge in [-0.05, 0) is 48.9 Å². The topological polar surface area (TPSA) is 0 Å². The minimum absolute atomic E-state index is 0.509. The molecule has 0 bridgehead atoms. The number of allylic oxidation sites excluding steroid dienone is 2. The quantitative estimate of drug-likeness (QED) is 0.492. The van der Waals surface area contributed by atoms with E-state index in [1.54, 1.807) is 5.57 Å². The van der Waals surface area contributed by atoms with Gasteiger partial charge in [0.1, 0.15) is 0 Å². The number of hydrogen-bond donors (Lipinski definition) is 0. The molecule has 0 heterocycles. The van der Waals surface area contributed by atoms with E-state index in [1.165, 1.54) is 32.1 Å². The fourth-order valence-electron chi connectivity index (χ4n) is 4.10. The van der Waals surface area contributed by atoms with Crippen LogP contribution in [0.25, 0.3) is 0 Å². The summed E-state index contributed by atoms with van der Waals surface area (Å²) in [5, 5.41) is 0. The van der Waals surface area contributed by atoms with Gasteiger partial charge >= 0.3 is 0 Å². The van der Waals surface area contributed by atoms with Gasteiger partial charge in [0.05, 0.1) is 0 Å². The van der Waals surface area contributed by atoms with Gasteiger partial charge in [0.25, 0.3) is 0 Å². The van der Waals surface area contributed by atoms with Crippen molar-refractivity contribution >= 4 is 0 Å². The molecule has 0 radical (unpaired) electrons. The normalized spacial score (nSPS) is 44.5. The largest absolute Gasteiger partial charge is 0.0850 e. The van der Waals surface area contributed by atoms with E-state index >= 15 is 0 Å². The molecule has 2 aliphatic carbocycles. The van der Waals surface area contributed by atoms with Crippen molar-refractivity contribution in [2.24, 2.45) is 16.2 Å². The first-order valence-corrected chi connectivity index (χ1v) is 6.46. The van der Waals surface area contributed by atoms with Gasteiger partial charge in [-0.1, -0.05) is 45.8 Å². The van der Waals surface area contributed by atoms with E-state index in [0.29, 0.717) is 16.2 Å². The predicted molar refractivity (Wildman–Crippen MR) is 66.8 cm³/mol. The van der Waals surface area contributed by atoms with Crippen molar-refractivity contribution in [3.63, 3.8) is 0 Å². The van der Waals surface area contributed by atoms with Crippen molar-refractivity contribution < 1.29 is 0 Å². The lowest BCUT2D eigenvalue weighted by molar-refractivity contribution is -0.0943. The fourth-order valence-corrected chi connectivity index (χ4v) is 4.10. The Morgan fingerprint density at radius 2 is 1.73 bits per heavy atom. The Bertz CT molecular complexity index is 297. The maximum absolute atomic E-state index is 2.54. The molecule has 0 saturated heterocycles. The molecule has 0 spiro atoms. The third kappa shape index (κ3) is 1.40. The van der Waals surface area contributed by atoms with E-state index in [9.17, 15) is 0 Å². The van der Waals surface area contributed by atoms with Crippen LogP contribution >= 0.6 is 0 Å². The minimum atomic E-state index is 0.509. The van der Waals surface area contributed by atoms with Gasteiger partial charge < -0.3 is 0 Å². The predicted octanol–water partition coefficient (Wildman–Crippen LogP) is 4.95. The van der Waals surface area contributed by atoms with Crippen LogP contribution in [-0.4, -0.2) is 0 Å². The van der Waals surface area contributed by atoms with Crippen LogP contribution in [0.4, 0.5) is 0 Å². The van der Waals surface area contributed by atoms with Crippen molar-refractivity contribution in [3.05, 3.63) is 11.6 Å². The van der Waals surface area contributed by atoms with E-state index in [0.717, 1.165) is 0 Å². The van der Waals surface area contributed by atoms with Crippen molar-refractivity contribution in [2.75, 3.05) is 0 Å².